The summed E-state index contributed by atoms with van der Waals surface area (Å²) in [6, 6.07) is 9.12. The summed E-state index contributed by atoms with van der Waals surface area (Å²) in [4.78, 5) is 19.8. The first-order chi connectivity index (χ1) is 16.9. The zero-order valence-corrected chi connectivity index (χ0v) is 18.1. The molecule has 6 nitrogen and oxygen atoms in total. The van der Waals surface area contributed by atoms with Gasteiger partial charge < -0.3 is 5.32 Å². The van der Waals surface area contributed by atoms with Crippen LogP contribution in [0.4, 0.5) is 36.4 Å². The molecule has 1 unspecified atom stereocenters. The van der Waals surface area contributed by atoms with Crippen LogP contribution in [0.1, 0.15) is 28.4 Å². The second kappa shape index (κ2) is 9.55. The van der Waals surface area contributed by atoms with Gasteiger partial charge in [-0.15, -0.1) is 0 Å². The van der Waals surface area contributed by atoms with Gasteiger partial charge in [-0.3, -0.25) is 14.8 Å². The van der Waals surface area contributed by atoms with Crippen LogP contribution in [0.3, 0.4) is 0 Å². The number of carbonyl (C=O) groups is 1. The Labute approximate surface area is 199 Å². The highest BCUT2D eigenvalue weighted by atomic mass is 19.4. The number of hydrogen-bond donors (Lipinski definition) is 1. The highest BCUT2D eigenvalue weighted by Gasteiger charge is 2.35. The zero-order chi connectivity index (χ0) is 26.1. The Morgan fingerprint density at radius 2 is 1.58 bits per heavy atom. The SMILES string of the molecule is O=C(CN1CC(c2cnc(C(F)(F)F)cn2)C(c2ccc(F)cc2)=N1)Nc1ccc(C(F)(F)F)cc1. The monoisotopic (exact) mass is 511 g/mol. The second-order valence-corrected chi connectivity index (χ2v) is 7.84. The fourth-order valence-corrected chi connectivity index (χ4v) is 3.55. The molecule has 1 amide bonds. The van der Waals surface area contributed by atoms with Gasteiger partial charge in [0.05, 0.1) is 35.6 Å². The van der Waals surface area contributed by atoms with Crippen molar-refractivity contribution in [3.05, 3.63) is 89.3 Å². The van der Waals surface area contributed by atoms with E-state index in [1.807, 2.05) is 0 Å². The lowest BCUT2D eigenvalue weighted by Crippen LogP contribution is -2.29. The summed E-state index contributed by atoms with van der Waals surface area (Å²) in [5, 5.41) is 8.18. The molecule has 13 heteroatoms. The molecule has 3 aromatic rings. The number of amides is 1. The van der Waals surface area contributed by atoms with Gasteiger partial charge in [0.25, 0.3) is 0 Å². The predicted octanol–water partition coefficient (Wildman–Crippen LogP) is 5.10. The minimum Gasteiger partial charge on any atom is -0.324 e. The molecular formula is C23H16F7N5O. The van der Waals surface area contributed by atoms with Gasteiger partial charge >= 0.3 is 12.4 Å². The van der Waals surface area contributed by atoms with E-state index in [2.05, 4.69) is 20.4 Å². The number of rotatable bonds is 5. The number of aromatic nitrogens is 2. The Bertz CT molecular complexity index is 1250. The number of benzene rings is 2. The molecule has 4 rings (SSSR count). The van der Waals surface area contributed by atoms with E-state index in [9.17, 15) is 35.5 Å². The first kappa shape index (κ1) is 25.1. The lowest BCUT2D eigenvalue weighted by atomic mass is 9.94. The van der Waals surface area contributed by atoms with Crippen LogP contribution in [-0.4, -0.2) is 39.7 Å². The summed E-state index contributed by atoms with van der Waals surface area (Å²) in [5.41, 5.74) is -0.927. The van der Waals surface area contributed by atoms with Crippen LogP contribution in [0.5, 0.6) is 0 Å². The molecule has 188 valence electrons. The van der Waals surface area contributed by atoms with Crippen LogP contribution in [0.2, 0.25) is 0 Å². The summed E-state index contributed by atoms with van der Waals surface area (Å²) in [6.45, 7) is -0.260. The number of carbonyl (C=O) groups excluding carboxylic acids is 1. The summed E-state index contributed by atoms with van der Waals surface area (Å²) in [6.07, 6.45) is -7.62. The Balaban J connectivity index is 1.52. The van der Waals surface area contributed by atoms with Crippen LogP contribution in [0.15, 0.2) is 66.0 Å². The van der Waals surface area contributed by atoms with Gasteiger partial charge in [-0.1, -0.05) is 12.1 Å². The minimum atomic E-state index is -4.67. The molecule has 0 saturated carbocycles. The Morgan fingerprint density at radius 1 is 0.917 bits per heavy atom. The molecule has 0 radical (unpaired) electrons. The van der Waals surface area contributed by atoms with Gasteiger partial charge in [0, 0.05) is 11.9 Å². The van der Waals surface area contributed by atoms with Crippen molar-refractivity contribution in [2.24, 2.45) is 5.10 Å². The number of nitrogens with one attached hydrogen (secondary N) is 1. The van der Waals surface area contributed by atoms with Crippen LogP contribution in [0.25, 0.3) is 0 Å². The van der Waals surface area contributed by atoms with E-state index in [-0.39, 0.29) is 24.5 Å². The zero-order valence-electron chi connectivity index (χ0n) is 18.1. The molecule has 36 heavy (non-hydrogen) atoms. The normalized spacial score (nSPS) is 16.1. The molecule has 0 fully saturated rings. The minimum absolute atomic E-state index is 0.0488. The van der Waals surface area contributed by atoms with Crippen molar-refractivity contribution >= 4 is 17.3 Å². The predicted molar refractivity (Wildman–Crippen MR) is 114 cm³/mol. The first-order valence-electron chi connectivity index (χ1n) is 10.4. The van der Waals surface area contributed by atoms with Crippen LogP contribution in [-0.2, 0) is 17.1 Å². The van der Waals surface area contributed by atoms with E-state index < -0.39 is 41.3 Å². The van der Waals surface area contributed by atoms with E-state index in [0.29, 0.717) is 17.5 Å². The van der Waals surface area contributed by atoms with Crippen LogP contribution < -0.4 is 5.32 Å². The Hall–Kier alpha value is -4.03. The van der Waals surface area contributed by atoms with E-state index in [1.54, 1.807) is 0 Å². The number of nitrogens with zero attached hydrogens (tertiary/aromatic N) is 4. The summed E-state index contributed by atoms with van der Waals surface area (Å²) in [5.74, 6) is -1.77. The van der Waals surface area contributed by atoms with Gasteiger partial charge in [-0.05, 0) is 42.0 Å². The molecule has 1 aliphatic heterocycles. The van der Waals surface area contributed by atoms with Crippen molar-refractivity contribution in [3.8, 4) is 0 Å². The maximum absolute atomic E-state index is 13.4. The quantitative estimate of drug-likeness (QED) is 0.485. The fourth-order valence-electron chi connectivity index (χ4n) is 3.55. The Morgan fingerprint density at radius 3 is 2.14 bits per heavy atom. The fraction of sp³-hybridized carbons (Fsp3) is 0.217. The van der Waals surface area contributed by atoms with Gasteiger partial charge in [0.15, 0.2) is 5.69 Å². The second-order valence-electron chi connectivity index (χ2n) is 7.84. The van der Waals surface area contributed by atoms with E-state index in [0.717, 1.165) is 30.5 Å². The van der Waals surface area contributed by atoms with Gasteiger partial charge in [-0.25, -0.2) is 9.37 Å². The maximum atomic E-state index is 13.4. The van der Waals surface area contributed by atoms with Gasteiger partial charge in [-0.2, -0.15) is 31.4 Å². The highest BCUT2D eigenvalue weighted by Crippen LogP contribution is 2.31. The highest BCUT2D eigenvalue weighted by molar-refractivity contribution is 6.06. The molecule has 1 aliphatic rings. The van der Waals surface area contributed by atoms with E-state index in [4.69, 9.17) is 0 Å². The molecule has 1 N–H and O–H groups in total. The number of hydrogen-bond acceptors (Lipinski definition) is 5. The van der Waals surface area contributed by atoms with Crippen molar-refractivity contribution in [1.82, 2.24) is 15.0 Å². The molecule has 0 spiro atoms. The number of hydrazone groups is 1. The largest absolute Gasteiger partial charge is 0.434 e. The topological polar surface area (TPSA) is 70.5 Å². The molecule has 0 saturated heterocycles. The van der Waals surface area contributed by atoms with E-state index >= 15 is 0 Å². The van der Waals surface area contributed by atoms with E-state index in [1.165, 1.54) is 29.3 Å². The lowest BCUT2D eigenvalue weighted by molar-refractivity contribution is -0.141. The van der Waals surface area contributed by atoms with Crippen molar-refractivity contribution in [2.75, 3.05) is 18.4 Å². The van der Waals surface area contributed by atoms with Crippen LogP contribution in [0, 0.1) is 5.82 Å². The van der Waals surface area contributed by atoms with Crippen molar-refractivity contribution in [3.63, 3.8) is 0 Å². The third-order valence-electron chi connectivity index (χ3n) is 5.25. The smallest absolute Gasteiger partial charge is 0.324 e. The van der Waals surface area contributed by atoms with Crippen molar-refractivity contribution < 1.29 is 35.5 Å². The van der Waals surface area contributed by atoms with Gasteiger partial charge in [0.2, 0.25) is 5.91 Å². The summed E-state index contributed by atoms with van der Waals surface area (Å²) in [7, 11) is 0. The lowest BCUT2D eigenvalue weighted by Gasteiger charge is -2.16. The van der Waals surface area contributed by atoms with Gasteiger partial charge in [0.1, 0.15) is 12.4 Å². The third-order valence-corrected chi connectivity index (χ3v) is 5.25. The molecule has 0 aliphatic carbocycles. The van der Waals surface area contributed by atoms with Crippen molar-refractivity contribution in [1.29, 1.82) is 0 Å². The summed E-state index contributed by atoms with van der Waals surface area (Å²) < 4.78 is 90.2. The van der Waals surface area contributed by atoms with Crippen molar-refractivity contribution in [2.45, 2.75) is 18.3 Å². The molecule has 1 aromatic heterocycles. The number of anilines is 1. The maximum Gasteiger partial charge on any atom is 0.434 e. The third kappa shape index (κ3) is 5.78. The molecule has 2 heterocycles. The first-order valence-corrected chi connectivity index (χ1v) is 10.4. The Kier molecular flexibility index (Phi) is 6.65. The number of alkyl halides is 6. The average molecular weight is 511 g/mol. The molecular weight excluding hydrogens is 495 g/mol. The molecule has 2 aromatic carbocycles. The average Bonchev–Trinajstić information content (AvgIpc) is 3.22. The molecule has 0 bridgehead atoms. The molecule has 1 atom stereocenters. The number of halogens is 7. The summed E-state index contributed by atoms with van der Waals surface area (Å²) >= 11 is 0. The van der Waals surface area contributed by atoms with Crippen LogP contribution >= 0.6 is 0 Å². The standard InChI is InChI=1S/C23H16F7N5O/c24-15-5-1-13(2-6-15)21-17(18-9-32-19(10-31-18)23(28,29)30)11-35(34-21)12-20(36)33-16-7-3-14(4-8-16)22(25,26)27/h1-10,17H,11-12H2,(H,33,36).